The molecule has 0 amide bonds. The van der Waals surface area contributed by atoms with Gasteiger partial charge in [0.05, 0.1) is 11.2 Å². The molecule has 0 aliphatic rings. The molecule has 1 heterocycles. The van der Waals surface area contributed by atoms with Gasteiger partial charge in [0.1, 0.15) is 17.4 Å². The maximum Gasteiger partial charge on any atom is 0.326 e. The number of hydrogen-bond acceptors (Lipinski definition) is 3. The molecule has 1 atom stereocenters. The van der Waals surface area contributed by atoms with Gasteiger partial charge in [-0.25, -0.2) is 9.78 Å². The number of carboxylic acids is 1. The number of nitrogens with zero attached hydrogens (tertiary/aromatic N) is 2. The Morgan fingerprint density at radius 2 is 2.05 bits per heavy atom. The quantitative estimate of drug-likeness (QED) is 0.814. The second-order valence-corrected chi connectivity index (χ2v) is 5.78. The van der Waals surface area contributed by atoms with Gasteiger partial charge in [0, 0.05) is 5.41 Å². The van der Waals surface area contributed by atoms with Crippen molar-refractivity contribution in [2.24, 2.45) is 0 Å². The number of aliphatic carboxylic acids is 1. The molecular weight excluding hydrogens is 242 g/mol. The molecule has 0 saturated carbocycles. The van der Waals surface area contributed by atoms with Crippen molar-refractivity contribution in [1.82, 2.24) is 9.55 Å². The number of aromatic nitrogens is 2. The second-order valence-electron chi connectivity index (χ2n) is 5.78. The summed E-state index contributed by atoms with van der Waals surface area (Å²) >= 11 is 0. The smallest absolute Gasteiger partial charge is 0.326 e. The predicted octanol–water partition coefficient (Wildman–Crippen LogP) is 2.56. The third-order valence-electron chi connectivity index (χ3n) is 3.17. The summed E-state index contributed by atoms with van der Waals surface area (Å²) in [4.78, 5) is 15.9. The first-order chi connectivity index (χ1) is 8.73. The van der Waals surface area contributed by atoms with Crippen molar-refractivity contribution in [3.63, 3.8) is 0 Å². The number of imidazole rings is 1. The molecule has 0 saturated heterocycles. The molecular formula is C14H19N3O2. The molecule has 0 spiro atoms. The molecule has 0 bridgehead atoms. The number of fused-ring (bicyclic) bond motifs is 1. The number of rotatable bonds is 2. The van der Waals surface area contributed by atoms with Crippen LogP contribution in [0, 0.1) is 0 Å². The Labute approximate surface area is 112 Å². The first-order valence-corrected chi connectivity index (χ1v) is 6.23. The third kappa shape index (κ3) is 2.16. The van der Waals surface area contributed by atoms with Crippen molar-refractivity contribution in [2.75, 3.05) is 5.73 Å². The predicted molar refractivity (Wildman–Crippen MR) is 75.2 cm³/mol. The van der Waals surface area contributed by atoms with E-state index in [0.29, 0.717) is 11.2 Å². The SMILES string of the molecule is CC(C(=O)O)n1c(C(C)(C)C)nc2c(N)cccc21. The van der Waals surface area contributed by atoms with Gasteiger partial charge in [-0.3, -0.25) is 0 Å². The Bertz CT molecular complexity index is 638. The average Bonchev–Trinajstić information content (AvgIpc) is 2.68. The zero-order valence-electron chi connectivity index (χ0n) is 11.6. The summed E-state index contributed by atoms with van der Waals surface area (Å²) in [5.41, 5.74) is 7.68. The summed E-state index contributed by atoms with van der Waals surface area (Å²) < 4.78 is 1.76. The van der Waals surface area contributed by atoms with Crippen LogP contribution >= 0.6 is 0 Å². The number of benzene rings is 1. The second kappa shape index (κ2) is 4.26. The molecule has 1 unspecified atom stereocenters. The zero-order valence-corrected chi connectivity index (χ0v) is 11.6. The topological polar surface area (TPSA) is 81.1 Å². The normalized spacial score (nSPS) is 13.7. The monoisotopic (exact) mass is 261 g/mol. The maximum absolute atomic E-state index is 11.3. The van der Waals surface area contributed by atoms with Crippen LogP contribution in [0.5, 0.6) is 0 Å². The first-order valence-electron chi connectivity index (χ1n) is 6.23. The van der Waals surface area contributed by atoms with Gasteiger partial charge < -0.3 is 15.4 Å². The van der Waals surface area contributed by atoms with E-state index in [2.05, 4.69) is 4.98 Å². The lowest BCUT2D eigenvalue weighted by Crippen LogP contribution is -2.24. The lowest BCUT2D eigenvalue weighted by atomic mass is 9.95. The van der Waals surface area contributed by atoms with E-state index in [1.165, 1.54) is 0 Å². The van der Waals surface area contributed by atoms with Crippen molar-refractivity contribution in [1.29, 1.82) is 0 Å². The van der Waals surface area contributed by atoms with E-state index in [-0.39, 0.29) is 5.41 Å². The number of carboxylic acid groups (broad SMARTS) is 1. The fraction of sp³-hybridized carbons (Fsp3) is 0.429. The van der Waals surface area contributed by atoms with Gasteiger partial charge in [-0.15, -0.1) is 0 Å². The standard InChI is InChI=1S/C14H19N3O2/c1-8(12(18)19)17-10-7-5-6-9(15)11(10)16-13(17)14(2,3)4/h5-8H,15H2,1-4H3,(H,18,19). The van der Waals surface area contributed by atoms with E-state index in [0.717, 1.165) is 11.3 Å². The molecule has 1 aromatic heterocycles. The summed E-state index contributed by atoms with van der Waals surface area (Å²) in [5, 5.41) is 9.29. The van der Waals surface area contributed by atoms with Gasteiger partial charge in [-0.05, 0) is 19.1 Å². The highest BCUT2D eigenvalue weighted by atomic mass is 16.4. The molecule has 0 aliphatic heterocycles. The summed E-state index contributed by atoms with van der Waals surface area (Å²) in [6.07, 6.45) is 0. The summed E-state index contributed by atoms with van der Waals surface area (Å²) in [7, 11) is 0. The van der Waals surface area contributed by atoms with Crippen LogP contribution in [0.3, 0.4) is 0 Å². The number of hydrogen-bond donors (Lipinski definition) is 2. The highest BCUT2D eigenvalue weighted by Crippen LogP contribution is 2.31. The molecule has 2 rings (SSSR count). The Morgan fingerprint density at radius 1 is 1.42 bits per heavy atom. The number of nitrogens with two attached hydrogens (primary N) is 1. The molecule has 0 fully saturated rings. The summed E-state index contributed by atoms with van der Waals surface area (Å²) in [6.45, 7) is 7.68. The van der Waals surface area contributed by atoms with Gasteiger partial charge in [0.25, 0.3) is 0 Å². The Morgan fingerprint density at radius 3 is 2.58 bits per heavy atom. The number of anilines is 1. The van der Waals surface area contributed by atoms with E-state index < -0.39 is 12.0 Å². The molecule has 102 valence electrons. The first kappa shape index (κ1) is 13.4. The van der Waals surface area contributed by atoms with Crippen molar-refractivity contribution < 1.29 is 9.90 Å². The third-order valence-corrected chi connectivity index (χ3v) is 3.17. The molecule has 3 N–H and O–H groups in total. The molecule has 19 heavy (non-hydrogen) atoms. The lowest BCUT2D eigenvalue weighted by Gasteiger charge is -2.22. The summed E-state index contributed by atoms with van der Waals surface area (Å²) in [6, 6.07) is 4.77. The van der Waals surface area contributed by atoms with Gasteiger partial charge >= 0.3 is 5.97 Å². The molecule has 5 heteroatoms. The minimum Gasteiger partial charge on any atom is -0.480 e. The van der Waals surface area contributed by atoms with Crippen LogP contribution in [0.2, 0.25) is 0 Å². The van der Waals surface area contributed by atoms with Crippen molar-refractivity contribution in [2.45, 2.75) is 39.2 Å². The van der Waals surface area contributed by atoms with E-state index in [9.17, 15) is 9.90 Å². The van der Waals surface area contributed by atoms with Crippen molar-refractivity contribution in [3.05, 3.63) is 24.0 Å². The maximum atomic E-state index is 11.3. The van der Waals surface area contributed by atoms with E-state index >= 15 is 0 Å². The minimum absolute atomic E-state index is 0.255. The highest BCUT2D eigenvalue weighted by Gasteiger charge is 2.28. The Balaban J connectivity index is 2.84. The van der Waals surface area contributed by atoms with Crippen LogP contribution in [0.1, 0.15) is 39.6 Å². The molecule has 1 aromatic carbocycles. The number of carbonyl (C=O) groups is 1. The van der Waals surface area contributed by atoms with E-state index in [1.807, 2.05) is 32.9 Å². The van der Waals surface area contributed by atoms with Crippen LogP contribution in [0.25, 0.3) is 11.0 Å². The average molecular weight is 261 g/mol. The van der Waals surface area contributed by atoms with Crippen LogP contribution in [0.15, 0.2) is 18.2 Å². The zero-order chi connectivity index (χ0) is 14.4. The molecule has 5 nitrogen and oxygen atoms in total. The van der Waals surface area contributed by atoms with Crippen molar-refractivity contribution >= 4 is 22.7 Å². The molecule has 0 aliphatic carbocycles. The van der Waals surface area contributed by atoms with Crippen LogP contribution in [-0.2, 0) is 10.2 Å². The summed E-state index contributed by atoms with van der Waals surface area (Å²) in [5.74, 6) is -0.150. The van der Waals surface area contributed by atoms with Crippen molar-refractivity contribution in [3.8, 4) is 0 Å². The number of nitrogen functional groups attached to an aromatic ring is 1. The highest BCUT2D eigenvalue weighted by molar-refractivity contribution is 5.89. The fourth-order valence-corrected chi connectivity index (χ4v) is 2.17. The van der Waals surface area contributed by atoms with E-state index in [4.69, 9.17) is 5.73 Å². The van der Waals surface area contributed by atoms with E-state index in [1.54, 1.807) is 17.6 Å². The van der Waals surface area contributed by atoms with Gasteiger partial charge in [0.15, 0.2) is 0 Å². The van der Waals surface area contributed by atoms with Crippen LogP contribution in [-0.4, -0.2) is 20.6 Å². The van der Waals surface area contributed by atoms with Gasteiger partial charge in [0.2, 0.25) is 0 Å². The molecule has 0 radical (unpaired) electrons. The van der Waals surface area contributed by atoms with Gasteiger partial charge in [-0.2, -0.15) is 0 Å². The van der Waals surface area contributed by atoms with Crippen LogP contribution in [0.4, 0.5) is 5.69 Å². The van der Waals surface area contributed by atoms with Gasteiger partial charge in [-0.1, -0.05) is 26.8 Å². The lowest BCUT2D eigenvalue weighted by molar-refractivity contribution is -0.140. The largest absolute Gasteiger partial charge is 0.480 e. The Hall–Kier alpha value is -2.04. The minimum atomic E-state index is -0.882. The number of para-hydroxylation sites is 1. The molecule has 2 aromatic rings. The Kier molecular flexibility index (Phi) is 3.00. The van der Waals surface area contributed by atoms with Crippen LogP contribution < -0.4 is 5.73 Å². The fourth-order valence-electron chi connectivity index (χ4n) is 2.17.